The van der Waals surface area contributed by atoms with Crippen LogP contribution in [0.4, 0.5) is 5.69 Å². The van der Waals surface area contributed by atoms with Gasteiger partial charge in [0.2, 0.25) is 0 Å². The predicted molar refractivity (Wildman–Crippen MR) is 101 cm³/mol. The number of unbranched alkanes of at least 4 members (excludes halogenated alkanes) is 1. The maximum Gasteiger partial charge on any atom is 0.0707 e. The summed E-state index contributed by atoms with van der Waals surface area (Å²) < 4.78 is 0. The Kier molecular flexibility index (Phi) is 5.05. The number of nitrogens with zero attached hydrogens (tertiary/aromatic N) is 1. The third-order valence-electron chi connectivity index (χ3n) is 3.91. The van der Waals surface area contributed by atoms with E-state index in [9.17, 15) is 0 Å². The molecule has 0 aliphatic rings. The quantitative estimate of drug-likeness (QED) is 0.598. The van der Waals surface area contributed by atoms with Gasteiger partial charge in [-0.1, -0.05) is 55.8 Å². The first-order chi connectivity index (χ1) is 11.4. The molecule has 0 amide bonds. The second-order valence-corrected chi connectivity index (χ2v) is 5.65. The van der Waals surface area contributed by atoms with Gasteiger partial charge in [0, 0.05) is 23.8 Å². The van der Waals surface area contributed by atoms with Crippen LogP contribution in [-0.4, -0.2) is 11.5 Å². The van der Waals surface area contributed by atoms with Crippen molar-refractivity contribution < 1.29 is 0 Å². The number of para-hydroxylation sites is 1. The van der Waals surface area contributed by atoms with Crippen molar-refractivity contribution in [2.45, 2.75) is 19.8 Å². The molecule has 0 atom stereocenters. The van der Waals surface area contributed by atoms with Crippen LogP contribution in [-0.2, 0) is 0 Å². The molecule has 2 nitrogen and oxygen atoms in total. The Bertz CT molecular complexity index is 783. The minimum Gasteiger partial charge on any atom is -0.385 e. The largest absolute Gasteiger partial charge is 0.385 e. The standard InChI is InChI=1S/C21H22N2/c1-2-3-15-22-19-12-9-17(10-13-19)8-11-18-14-16-23-21-7-5-4-6-20(18)21/h4-14,16,22H,2-3,15H2,1H3/b11-8+. The molecule has 116 valence electrons. The summed E-state index contributed by atoms with van der Waals surface area (Å²) in [6.07, 6.45) is 8.59. The zero-order valence-corrected chi connectivity index (χ0v) is 13.5. The molecule has 1 aromatic heterocycles. The van der Waals surface area contributed by atoms with E-state index in [4.69, 9.17) is 0 Å². The fourth-order valence-corrected chi connectivity index (χ4v) is 2.57. The Morgan fingerprint density at radius 1 is 0.957 bits per heavy atom. The lowest BCUT2D eigenvalue weighted by Crippen LogP contribution is -2.00. The lowest BCUT2D eigenvalue weighted by molar-refractivity contribution is 0.834. The number of hydrogen-bond donors (Lipinski definition) is 1. The van der Waals surface area contributed by atoms with Gasteiger partial charge in [0.25, 0.3) is 0 Å². The lowest BCUT2D eigenvalue weighted by Gasteiger charge is -2.05. The van der Waals surface area contributed by atoms with E-state index in [-0.39, 0.29) is 0 Å². The van der Waals surface area contributed by atoms with Crippen LogP contribution in [0.3, 0.4) is 0 Å². The average Bonchev–Trinajstić information content (AvgIpc) is 2.61. The third kappa shape index (κ3) is 3.98. The smallest absolute Gasteiger partial charge is 0.0707 e. The predicted octanol–water partition coefficient (Wildman–Crippen LogP) is 5.62. The van der Waals surface area contributed by atoms with Gasteiger partial charge in [0.15, 0.2) is 0 Å². The molecule has 23 heavy (non-hydrogen) atoms. The molecule has 2 heteroatoms. The SMILES string of the molecule is CCCCNc1ccc(/C=C/c2ccnc3ccccc23)cc1. The fraction of sp³-hybridized carbons (Fsp3) is 0.190. The molecule has 0 bridgehead atoms. The fourth-order valence-electron chi connectivity index (χ4n) is 2.57. The Hall–Kier alpha value is -2.61. The summed E-state index contributed by atoms with van der Waals surface area (Å²) in [7, 11) is 0. The highest BCUT2D eigenvalue weighted by molar-refractivity contribution is 5.90. The van der Waals surface area contributed by atoms with Crippen molar-refractivity contribution in [3.05, 3.63) is 71.9 Å². The molecule has 0 radical (unpaired) electrons. The van der Waals surface area contributed by atoms with Gasteiger partial charge in [-0.2, -0.15) is 0 Å². The normalized spacial score (nSPS) is 11.2. The molecular formula is C21H22N2. The Morgan fingerprint density at radius 2 is 1.78 bits per heavy atom. The summed E-state index contributed by atoms with van der Waals surface area (Å²) in [5.41, 5.74) is 4.61. The number of rotatable bonds is 6. The van der Waals surface area contributed by atoms with E-state index >= 15 is 0 Å². The summed E-state index contributed by atoms with van der Waals surface area (Å²) in [4.78, 5) is 4.40. The second-order valence-electron chi connectivity index (χ2n) is 5.65. The number of nitrogens with one attached hydrogen (secondary N) is 1. The molecule has 3 aromatic rings. The molecule has 0 aliphatic heterocycles. The number of hydrogen-bond acceptors (Lipinski definition) is 2. The Balaban J connectivity index is 1.74. The van der Waals surface area contributed by atoms with Crippen LogP contribution in [0.1, 0.15) is 30.9 Å². The van der Waals surface area contributed by atoms with E-state index in [0.717, 1.165) is 12.1 Å². The maximum absolute atomic E-state index is 4.40. The van der Waals surface area contributed by atoms with E-state index in [1.165, 1.54) is 35.0 Å². The van der Waals surface area contributed by atoms with Crippen molar-refractivity contribution in [3.63, 3.8) is 0 Å². The lowest BCUT2D eigenvalue weighted by atomic mass is 10.1. The highest BCUT2D eigenvalue weighted by Crippen LogP contribution is 2.19. The van der Waals surface area contributed by atoms with Crippen molar-refractivity contribution in [3.8, 4) is 0 Å². The summed E-state index contributed by atoms with van der Waals surface area (Å²) in [5, 5.41) is 4.62. The van der Waals surface area contributed by atoms with Gasteiger partial charge >= 0.3 is 0 Å². The van der Waals surface area contributed by atoms with E-state index in [1.807, 2.05) is 18.3 Å². The number of fused-ring (bicyclic) bond motifs is 1. The second kappa shape index (κ2) is 7.59. The number of anilines is 1. The average molecular weight is 302 g/mol. The van der Waals surface area contributed by atoms with Crippen LogP contribution in [0.2, 0.25) is 0 Å². The molecule has 0 saturated heterocycles. The van der Waals surface area contributed by atoms with Crippen LogP contribution >= 0.6 is 0 Å². The van der Waals surface area contributed by atoms with Crippen LogP contribution in [0.15, 0.2) is 60.8 Å². The van der Waals surface area contributed by atoms with E-state index < -0.39 is 0 Å². The van der Waals surface area contributed by atoms with Gasteiger partial charge in [0.05, 0.1) is 5.52 Å². The number of pyridine rings is 1. The van der Waals surface area contributed by atoms with Gasteiger partial charge in [-0.25, -0.2) is 0 Å². The van der Waals surface area contributed by atoms with Gasteiger partial charge in [-0.15, -0.1) is 0 Å². The van der Waals surface area contributed by atoms with Crippen molar-refractivity contribution in [2.75, 3.05) is 11.9 Å². The summed E-state index contributed by atoms with van der Waals surface area (Å²) >= 11 is 0. The van der Waals surface area contributed by atoms with Gasteiger partial charge in [-0.05, 0) is 41.8 Å². The molecule has 0 spiro atoms. The van der Waals surface area contributed by atoms with Crippen molar-refractivity contribution in [2.24, 2.45) is 0 Å². The van der Waals surface area contributed by atoms with E-state index in [0.29, 0.717) is 0 Å². The molecule has 0 aliphatic carbocycles. The van der Waals surface area contributed by atoms with Crippen LogP contribution in [0.5, 0.6) is 0 Å². The molecule has 0 fully saturated rings. The number of aromatic nitrogens is 1. The van der Waals surface area contributed by atoms with Crippen LogP contribution < -0.4 is 5.32 Å². The van der Waals surface area contributed by atoms with Gasteiger partial charge in [0.1, 0.15) is 0 Å². The van der Waals surface area contributed by atoms with E-state index in [1.54, 1.807) is 0 Å². The maximum atomic E-state index is 4.40. The first-order valence-corrected chi connectivity index (χ1v) is 8.22. The molecule has 0 unspecified atom stereocenters. The molecular weight excluding hydrogens is 280 g/mol. The topological polar surface area (TPSA) is 24.9 Å². The van der Waals surface area contributed by atoms with Gasteiger partial charge in [-0.3, -0.25) is 4.98 Å². The summed E-state index contributed by atoms with van der Waals surface area (Å²) in [6, 6.07) is 18.9. The minimum atomic E-state index is 1.03. The summed E-state index contributed by atoms with van der Waals surface area (Å²) in [6.45, 7) is 3.24. The zero-order valence-electron chi connectivity index (χ0n) is 13.5. The minimum absolute atomic E-state index is 1.03. The Morgan fingerprint density at radius 3 is 2.61 bits per heavy atom. The molecule has 3 rings (SSSR count). The third-order valence-corrected chi connectivity index (χ3v) is 3.91. The molecule has 0 saturated carbocycles. The Labute approximate surface area is 137 Å². The molecule has 1 N–H and O–H groups in total. The van der Waals surface area contributed by atoms with Crippen LogP contribution in [0, 0.1) is 0 Å². The van der Waals surface area contributed by atoms with Gasteiger partial charge < -0.3 is 5.32 Å². The van der Waals surface area contributed by atoms with Crippen molar-refractivity contribution >= 4 is 28.7 Å². The highest BCUT2D eigenvalue weighted by atomic mass is 14.9. The molecule has 2 aromatic carbocycles. The monoisotopic (exact) mass is 302 g/mol. The number of benzene rings is 2. The summed E-state index contributed by atoms with van der Waals surface area (Å²) in [5.74, 6) is 0. The zero-order chi connectivity index (χ0) is 15.9. The van der Waals surface area contributed by atoms with E-state index in [2.05, 4.69) is 71.8 Å². The molecule has 1 heterocycles. The van der Waals surface area contributed by atoms with Crippen molar-refractivity contribution in [1.82, 2.24) is 4.98 Å². The first-order valence-electron chi connectivity index (χ1n) is 8.22. The first kappa shape index (κ1) is 15.3. The highest BCUT2D eigenvalue weighted by Gasteiger charge is 1.98. The van der Waals surface area contributed by atoms with Crippen molar-refractivity contribution in [1.29, 1.82) is 0 Å². The van der Waals surface area contributed by atoms with Crippen LogP contribution in [0.25, 0.3) is 23.1 Å².